The quantitative estimate of drug-likeness (QED) is 0.674. The number of rotatable bonds is 6. The van der Waals surface area contributed by atoms with Crippen LogP contribution in [0.1, 0.15) is 43.2 Å². The third kappa shape index (κ3) is 4.98. The Hall–Kier alpha value is -2.07. The zero-order chi connectivity index (χ0) is 18.4. The van der Waals surface area contributed by atoms with Gasteiger partial charge in [0.2, 0.25) is 0 Å². The summed E-state index contributed by atoms with van der Waals surface area (Å²) in [6.07, 6.45) is 10.7. The van der Waals surface area contributed by atoms with Gasteiger partial charge in [0, 0.05) is 23.6 Å². The number of nitrogens with zero attached hydrogens (tertiary/aromatic N) is 2. The highest BCUT2D eigenvalue weighted by atomic mass is 32.2. The van der Waals surface area contributed by atoms with E-state index in [1.165, 1.54) is 37.7 Å². The minimum Gasteiger partial charge on any atom is -0.389 e. The van der Waals surface area contributed by atoms with E-state index in [0.717, 1.165) is 27.5 Å². The van der Waals surface area contributed by atoms with Crippen LogP contribution in [-0.4, -0.2) is 22.5 Å². The van der Waals surface area contributed by atoms with Crippen LogP contribution in [0.2, 0.25) is 0 Å². The second kappa shape index (κ2) is 9.04. The van der Waals surface area contributed by atoms with Crippen molar-refractivity contribution in [2.45, 2.75) is 49.3 Å². The van der Waals surface area contributed by atoms with E-state index in [9.17, 15) is 0 Å². The number of aromatic nitrogens is 2. The third-order valence-corrected chi connectivity index (χ3v) is 6.07. The molecule has 0 radical (unpaired) electrons. The Morgan fingerprint density at radius 1 is 1.15 bits per heavy atom. The first-order chi connectivity index (χ1) is 12.7. The minimum atomic E-state index is 0.712. The number of hydrogen-bond donors (Lipinski definition) is 1. The van der Waals surface area contributed by atoms with Gasteiger partial charge in [0.1, 0.15) is 5.03 Å². The van der Waals surface area contributed by atoms with Crippen LogP contribution in [0, 0.1) is 6.92 Å². The van der Waals surface area contributed by atoms with Crippen molar-refractivity contribution in [2.75, 3.05) is 7.05 Å². The van der Waals surface area contributed by atoms with Gasteiger partial charge in [-0.3, -0.25) is 0 Å². The minimum absolute atomic E-state index is 0.712. The van der Waals surface area contributed by atoms with Crippen LogP contribution in [0.5, 0.6) is 0 Å². The standard InChI is InChI=1S/C22H27N3S/c1-16-15-18(10-9-17(2)23-3)11-12-20(16)21-13-14-22(25-24-21)26-19-7-5-4-6-8-19/h9-15,19,23H,2,4-8H2,1,3H3/b10-9+. The molecule has 0 aliphatic heterocycles. The van der Waals surface area contributed by atoms with Crippen LogP contribution < -0.4 is 5.32 Å². The van der Waals surface area contributed by atoms with E-state index < -0.39 is 0 Å². The Morgan fingerprint density at radius 3 is 2.62 bits per heavy atom. The van der Waals surface area contributed by atoms with Crippen molar-refractivity contribution in [1.29, 1.82) is 0 Å². The van der Waals surface area contributed by atoms with E-state index in [1.54, 1.807) is 0 Å². The lowest BCUT2D eigenvalue weighted by molar-refractivity contribution is 0.515. The third-order valence-electron chi connectivity index (χ3n) is 4.80. The Bertz CT molecular complexity index is 774. The predicted molar refractivity (Wildman–Crippen MR) is 112 cm³/mol. The van der Waals surface area contributed by atoms with E-state index in [1.807, 2.05) is 24.9 Å². The summed E-state index contributed by atoms with van der Waals surface area (Å²) in [5, 5.41) is 13.7. The molecule has 1 aromatic carbocycles. The molecule has 26 heavy (non-hydrogen) atoms. The molecular weight excluding hydrogens is 338 g/mol. The van der Waals surface area contributed by atoms with Crippen LogP contribution in [-0.2, 0) is 0 Å². The highest BCUT2D eigenvalue weighted by Gasteiger charge is 2.15. The monoisotopic (exact) mass is 365 g/mol. The topological polar surface area (TPSA) is 37.8 Å². The predicted octanol–water partition coefficient (Wildman–Crippen LogP) is 5.62. The number of nitrogens with one attached hydrogen (secondary N) is 1. The molecule has 2 aromatic rings. The average molecular weight is 366 g/mol. The molecule has 1 saturated carbocycles. The summed E-state index contributed by atoms with van der Waals surface area (Å²) in [4.78, 5) is 0. The van der Waals surface area contributed by atoms with Crippen molar-refractivity contribution in [3.8, 4) is 11.3 Å². The molecule has 3 rings (SSSR count). The summed E-state index contributed by atoms with van der Waals surface area (Å²) in [6.45, 7) is 6.02. The number of aryl methyl sites for hydroxylation is 1. The second-order valence-corrected chi connectivity index (χ2v) is 8.14. The van der Waals surface area contributed by atoms with E-state index in [-0.39, 0.29) is 0 Å². The molecule has 0 unspecified atom stereocenters. The smallest absolute Gasteiger partial charge is 0.119 e. The summed E-state index contributed by atoms with van der Waals surface area (Å²) in [5.74, 6) is 0. The lowest BCUT2D eigenvalue weighted by atomic mass is 10.0. The van der Waals surface area contributed by atoms with Crippen LogP contribution in [0.15, 0.2) is 53.7 Å². The maximum Gasteiger partial charge on any atom is 0.119 e. The SMILES string of the molecule is C=C(/C=C/c1ccc(-c2ccc(SC3CCCCC3)nn2)c(C)c1)NC. The van der Waals surface area contributed by atoms with Gasteiger partial charge >= 0.3 is 0 Å². The molecule has 1 N–H and O–H groups in total. The van der Waals surface area contributed by atoms with Crippen molar-refractivity contribution in [3.63, 3.8) is 0 Å². The maximum atomic E-state index is 4.48. The van der Waals surface area contributed by atoms with Crippen molar-refractivity contribution < 1.29 is 0 Å². The van der Waals surface area contributed by atoms with Crippen molar-refractivity contribution in [3.05, 3.63) is 59.8 Å². The van der Waals surface area contributed by atoms with Gasteiger partial charge < -0.3 is 5.32 Å². The molecule has 136 valence electrons. The molecule has 0 atom stereocenters. The number of allylic oxidation sites excluding steroid dienone is 1. The van der Waals surface area contributed by atoms with Gasteiger partial charge in [-0.25, -0.2) is 0 Å². The first-order valence-corrected chi connectivity index (χ1v) is 10.2. The molecular formula is C22H27N3S. The summed E-state index contributed by atoms with van der Waals surface area (Å²) >= 11 is 1.89. The normalized spacial score (nSPS) is 15.3. The zero-order valence-electron chi connectivity index (χ0n) is 15.7. The van der Waals surface area contributed by atoms with E-state index in [4.69, 9.17) is 0 Å². The highest BCUT2D eigenvalue weighted by molar-refractivity contribution is 7.99. The van der Waals surface area contributed by atoms with Gasteiger partial charge in [-0.15, -0.1) is 22.0 Å². The Balaban J connectivity index is 1.70. The molecule has 1 heterocycles. The summed E-state index contributed by atoms with van der Waals surface area (Å²) in [6, 6.07) is 10.6. The highest BCUT2D eigenvalue weighted by Crippen LogP contribution is 2.33. The van der Waals surface area contributed by atoms with Gasteiger partial charge in [0.25, 0.3) is 0 Å². The molecule has 1 aliphatic rings. The lowest BCUT2D eigenvalue weighted by Crippen LogP contribution is -2.08. The molecule has 3 nitrogen and oxygen atoms in total. The zero-order valence-corrected chi connectivity index (χ0v) is 16.5. The number of thioether (sulfide) groups is 1. The summed E-state index contributed by atoms with van der Waals surface area (Å²) < 4.78 is 0. The van der Waals surface area contributed by atoms with Gasteiger partial charge in [-0.2, -0.15) is 0 Å². The van der Waals surface area contributed by atoms with Crippen molar-refractivity contribution in [1.82, 2.24) is 15.5 Å². The van der Waals surface area contributed by atoms with Crippen molar-refractivity contribution in [2.24, 2.45) is 0 Å². The Kier molecular flexibility index (Phi) is 6.51. The first-order valence-electron chi connectivity index (χ1n) is 9.32. The van der Waals surface area contributed by atoms with Gasteiger partial charge in [-0.1, -0.05) is 50.1 Å². The largest absolute Gasteiger partial charge is 0.389 e. The molecule has 1 aromatic heterocycles. The van der Waals surface area contributed by atoms with Gasteiger partial charge in [0.15, 0.2) is 0 Å². The summed E-state index contributed by atoms with van der Waals surface area (Å²) in [7, 11) is 1.87. The molecule has 0 spiro atoms. The number of likely N-dealkylation sites (N-methyl/N-ethyl adjacent to an activating group) is 1. The summed E-state index contributed by atoms with van der Waals surface area (Å²) in [5.41, 5.74) is 5.31. The molecule has 0 bridgehead atoms. The first kappa shape index (κ1) is 18.7. The fourth-order valence-corrected chi connectivity index (χ4v) is 4.38. The van der Waals surface area contributed by atoms with E-state index >= 15 is 0 Å². The van der Waals surface area contributed by atoms with Crippen LogP contribution >= 0.6 is 11.8 Å². The van der Waals surface area contributed by atoms with Crippen LogP contribution in [0.3, 0.4) is 0 Å². The fraction of sp³-hybridized carbons (Fsp3) is 0.364. The lowest BCUT2D eigenvalue weighted by Gasteiger charge is -2.20. The van der Waals surface area contributed by atoms with E-state index in [0.29, 0.717) is 5.25 Å². The van der Waals surface area contributed by atoms with Crippen LogP contribution in [0.25, 0.3) is 17.3 Å². The van der Waals surface area contributed by atoms with Crippen LogP contribution in [0.4, 0.5) is 0 Å². The van der Waals surface area contributed by atoms with E-state index in [2.05, 4.69) is 65.4 Å². The van der Waals surface area contributed by atoms with Crippen molar-refractivity contribution >= 4 is 17.8 Å². The van der Waals surface area contributed by atoms with Gasteiger partial charge in [-0.05, 0) is 49.1 Å². The Morgan fingerprint density at radius 2 is 1.96 bits per heavy atom. The fourth-order valence-electron chi connectivity index (χ4n) is 3.24. The van der Waals surface area contributed by atoms with Gasteiger partial charge in [0.05, 0.1) is 5.69 Å². The Labute approximate surface area is 161 Å². The average Bonchev–Trinajstić information content (AvgIpc) is 2.68. The molecule has 0 saturated heterocycles. The molecule has 1 aliphatic carbocycles. The molecule has 0 amide bonds. The molecule has 4 heteroatoms. The number of hydrogen-bond acceptors (Lipinski definition) is 4. The second-order valence-electron chi connectivity index (χ2n) is 6.82. The molecule has 1 fully saturated rings. The maximum absolute atomic E-state index is 4.48. The number of benzene rings is 1.